The third-order valence-corrected chi connectivity index (χ3v) is 6.39. The van der Waals surface area contributed by atoms with Gasteiger partial charge in [-0.2, -0.15) is 0 Å². The van der Waals surface area contributed by atoms with Gasteiger partial charge < -0.3 is 5.32 Å². The molecular formula is C22H23ClN2O3S. The van der Waals surface area contributed by atoms with Crippen molar-refractivity contribution >= 4 is 38.8 Å². The first-order chi connectivity index (χ1) is 13.6. The maximum absolute atomic E-state index is 13.6. The summed E-state index contributed by atoms with van der Waals surface area (Å²) < 4.78 is 28.4. The van der Waals surface area contributed by atoms with Gasteiger partial charge in [-0.15, -0.1) is 6.58 Å². The van der Waals surface area contributed by atoms with Crippen LogP contribution in [0.4, 0.5) is 5.69 Å². The van der Waals surface area contributed by atoms with Gasteiger partial charge in [-0.1, -0.05) is 48.0 Å². The van der Waals surface area contributed by atoms with Crippen molar-refractivity contribution in [2.75, 3.05) is 10.8 Å². The number of benzene rings is 2. The minimum atomic E-state index is -4.14. The van der Waals surface area contributed by atoms with Crippen LogP contribution in [0.1, 0.15) is 31.9 Å². The zero-order chi connectivity index (χ0) is 21.4. The molecule has 2 aromatic rings. The predicted molar refractivity (Wildman–Crippen MR) is 118 cm³/mol. The Bertz CT molecular complexity index is 1100. The molecule has 0 bridgehead atoms. The summed E-state index contributed by atoms with van der Waals surface area (Å²) in [5.41, 5.74) is 1.39. The van der Waals surface area contributed by atoms with E-state index in [1.807, 2.05) is 6.07 Å². The highest BCUT2D eigenvalue weighted by Crippen LogP contribution is 2.43. The first-order valence-corrected chi connectivity index (χ1v) is 10.9. The fraction of sp³-hybridized carbons (Fsp3) is 0.227. The largest absolute Gasteiger partial charge is 0.347 e. The lowest BCUT2D eigenvalue weighted by Crippen LogP contribution is -2.46. The second-order valence-electron chi connectivity index (χ2n) is 7.76. The summed E-state index contributed by atoms with van der Waals surface area (Å²) in [4.78, 5) is 12.9. The molecule has 0 spiro atoms. The van der Waals surface area contributed by atoms with E-state index >= 15 is 0 Å². The van der Waals surface area contributed by atoms with E-state index in [9.17, 15) is 13.2 Å². The highest BCUT2D eigenvalue weighted by molar-refractivity contribution is 7.97. The van der Waals surface area contributed by atoms with Crippen LogP contribution in [-0.4, -0.2) is 26.4 Å². The average molecular weight is 431 g/mol. The van der Waals surface area contributed by atoms with E-state index in [2.05, 4.69) is 11.9 Å². The number of amides is 1. The third kappa shape index (κ3) is 4.09. The summed E-state index contributed by atoms with van der Waals surface area (Å²) in [6, 6.07) is 14.0. The standard InChI is InChI=1S/C22H23ClN2O3S/c1-5-13-25-18-12-11-16(23)14-17(18)19(15-9-7-6-8-10-15)20(29(25,27)28)21(26)24-22(2,3)4/h5-12,14H,1,13H2,2-4H3,(H,24,26). The van der Waals surface area contributed by atoms with Crippen LogP contribution in [0.5, 0.6) is 0 Å². The molecule has 1 heterocycles. The van der Waals surface area contributed by atoms with Gasteiger partial charge in [0, 0.05) is 21.7 Å². The van der Waals surface area contributed by atoms with Gasteiger partial charge in [-0.05, 0) is 44.5 Å². The van der Waals surface area contributed by atoms with Gasteiger partial charge in [-0.3, -0.25) is 9.10 Å². The SMILES string of the molecule is C=CCN1c2ccc(Cl)cc2C(c2ccccc2)=C(C(=O)NC(C)(C)C)S1(=O)=O. The average Bonchev–Trinajstić information content (AvgIpc) is 2.62. The number of hydrogen-bond donors (Lipinski definition) is 1. The molecule has 0 radical (unpaired) electrons. The van der Waals surface area contributed by atoms with E-state index in [1.165, 1.54) is 10.4 Å². The molecule has 0 saturated heterocycles. The molecule has 1 N–H and O–H groups in total. The molecule has 0 unspecified atom stereocenters. The topological polar surface area (TPSA) is 66.5 Å². The van der Waals surface area contributed by atoms with Gasteiger partial charge in [-0.25, -0.2) is 8.42 Å². The minimum Gasteiger partial charge on any atom is -0.347 e. The third-order valence-electron chi connectivity index (χ3n) is 4.32. The van der Waals surface area contributed by atoms with E-state index in [0.29, 0.717) is 27.4 Å². The molecule has 2 aromatic carbocycles. The molecule has 1 aliphatic rings. The number of carbonyl (C=O) groups excluding carboxylic acids is 1. The van der Waals surface area contributed by atoms with E-state index in [4.69, 9.17) is 11.6 Å². The number of anilines is 1. The van der Waals surface area contributed by atoms with Crippen LogP contribution in [0.25, 0.3) is 5.57 Å². The molecule has 0 atom stereocenters. The maximum atomic E-state index is 13.6. The molecule has 1 amide bonds. The van der Waals surface area contributed by atoms with E-state index in [0.717, 1.165) is 0 Å². The number of sulfonamides is 1. The molecular weight excluding hydrogens is 408 g/mol. The van der Waals surface area contributed by atoms with E-state index < -0.39 is 21.5 Å². The van der Waals surface area contributed by atoms with Crippen LogP contribution >= 0.6 is 11.6 Å². The van der Waals surface area contributed by atoms with Crippen LogP contribution in [0.3, 0.4) is 0 Å². The summed E-state index contributed by atoms with van der Waals surface area (Å²) in [7, 11) is -4.14. The first-order valence-electron chi connectivity index (χ1n) is 9.12. The molecule has 0 saturated carbocycles. The Labute approximate surface area is 176 Å². The number of halogens is 1. The van der Waals surface area contributed by atoms with Crippen molar-refractivity contribution in [3.05, 3.63) is 82.2 Å². The fourth-order valence-corrected chi connectivity index (χ4v) is 5.13. The molecule has 29 heavy (non-hydrogen) atoms. The van der Waals surface area contributed by atoms with Crippen molar-refractivity contribution in [1.29, 1.82) is 0 Å². The van der Waals surface area contributed by atoms with Gasteiger partial charge in [0.15, 0.2) is 4.91 Å². The summed E-state index contributed by atoms with van der Waals surface area (Å²) >= 11 is 6.25. The van der Waals surface area contributed by atoms with Gasteiger partial charge in [0.25, 0.3) is 15.9 Å². The van der Waals surface area contributed by atoms with Crippen LogP contribution in [0.2, 0.25) is 5.02 Å². The summed E-state index contributed by atoms with van der Waals surface area (Å²) in [6.07, 6.45) is 1.49. The highest BCUT2D eigenvalue weighted by Gasteiger charge is 2.41. The van der Waals surface area contributed by atoms with Crippen LogP contribution in [0.15, 0.2) is 66.1 Å². The predicted octanol–water partition coefficient (Wildman–Crippen LogP) is 4.35. The number of fused-ring (bicyclic) bond motifs is 1. The van der Waals surface area contributed by atoms with Crippen molar-refractivity contribution in [2.45, 2.75) is 26.3 Å². The quantitative estimate of drug-likeness (QED) is 0.733. The first kappa shape index (κ1) is 21.1. The number of nitrogens with one attached hydrogen (secondary N) is 1. The monoisotopic (exact) mass is 430 g/mol. The molecule has 5 nitrogen and oxygen atoms in total. The number of nitrogens with zero attached hydrogens (tertiary/aromatic N) is 1. The van der Waals surface area contributed by atoms with Crippen LogP contribution in [-0.2, 0) is 14.8 Å². The number of hydrogen-bond acceptors (Lipinski definition) is 3. The molecule has 7 heteroatoms. The Hall–Kier alpha value is -2.57. The smallest absolute Gasteiger partial charge is 0.270 e. The zero-order valence-electron chi connectivity index (χ0n) is 16.6. The van der Waals surface area contributed by atoms with Crippen molar-refractivity contribution in [3.63, 3.8) is 0 Å². The Balaban J connectivity index is 2.42. The normalized spacial score (nSPS) is 15.7. The summed E-state index contributed by atoms with van der Waals surface area (Å²) in [5.74, 6) is -0.656. The Morgan fingerprint density at radius 2 is 1.83 bits per heavy atom. The van der Waals surface area contributed by atoms with Crippen molar-refractivity contribution < 1.29 is 13.2 Å². The Morgan fingerprint density at radius 1 is 1.17 bits per heavy atom. The van der Waals surface area contributed by atoms with Crippen molar-refractivity contribution in [1.82, 2.24) is 5.32 Å². The van der Waals surface area contributed by atoms with Crippen LogP contribution in [0, 0.1) is 0 Å². The summed E-state index contributed by atoms with van der Waals surface area (Å²) in [6.45, 7) is 9.10. The summed E-state index contributed by atoms with van der Waals surface area (Å²) in [5, 5.41) is 3.24. The zero-order valence-corrected chi connectivity index (χ0v) is 18.1. The van der Waals surface area contributed by atoms with Gasteiger partial charge in [0.2, 0.25) is 0 Å². The second kappa shape index (κ2) is 7.69. The molecule has 1 aliphatic heterocycles. The number of carbonyl (C=O) groups is 1. The molecule has 0 aromatic heterocycles. The lowest BCUT2D eigenvalue weighted by Gasteiger charge is -2.34. The molecule has 0 aliphatic carbocycles. The number of rotatable bonds is 4. The second-order valence-corrected chi connectivity index (χ2v) is 10.00. The van der Waals surface area contributed by atoms with Gasteiger partial charge >= 0.3 is 0 Å². The maximum Gasteiger partial charge on any atom is 0.270 e. The lowest BCUT2D eigenvalue weighted by atomic mass is 9.95. The van der Waals surface area contributed by atoms with Gasteiger partial charge in [0.1, 0.15) is 0 Å². The minimum absolute atomic E-state index is 0.0331. The van der Waals surface area contributed by atoms with Gasteiger partial charge in [0.05, 0.1) is 12.2 Å². The Morgan fingerprint density at radius 3 is 2.41 bits per heavy atom. The van der Waals surface area contributed by atoms with Crippen LogP contribution < -0.4 is 9.62 Å². The lowest BCUT2D eigenvalue weighted by molar-refractivity contribution is -0.118. The van der Waals surface area contributed by atoms with Crippen molar-refractivity contribution in [2.24, 2.45) is 0 Å². The molecule has 0 fully saturated rings. The van der Waals surface area contributed by atoms with E-state index in [1.54, 1.807) is 63.2 Å². The molecule has 152 valence electrons. The van der Waals surface area contributed by atoms with E-state index in [-0.39, 0.29) is 11.4 Å². The fourth-order valence-electron chi connectivity index (χ4n) is 3.25. The molecule has 3 rings (SSSR count). The highest BCUT2D eigenvalue weighted by atomic mass is 35.5. The Kier molecular flexibility index (Phi) is 5.61. The van der Waals surface area contributed by atoms with Crippen molar-refractivity contribution in [3.8, 4) is 0 Å².